The Morgan fingerprint density at radius 1 is 1.22 bits per heavy atom. The molecule has 0 saturated heterocycles. The van der Waals surface area contributed by atoms with Crippen molar-refractivity contribution < 1.29 is 0 Å². The highest BCUT2D eigenvalue weighted by atomic mass is 32.2. The number of thioether (sulfide) groups is 1. The van der Waals surface area contributed by atoms with E-state index in [4.69, 9.17) is 0 Å². The SMILES string of the molecule is CCCNCCSc1nnc(C2CC2)n1C1CC1. The zero-order valence-corrected chi connectivity index (χ0v) is 11.9. The summed E-state index contributed by atoms with van der Waals surface area (Å²) in [6.07, 6.45) is 6.47. The Labute approximate surface area is 113 Å². The molecule has 18 heavy (non-hydrogen) atoms. The Morgan fingerprint density at radius 2 is 2.06 bits per heavy atom. The van der Waals surface area contributed by atoms with Gasteiger partial charge in [-0.3, -0.25) is 0 Å². The second-order valence-electron chi connectivity index (χ2n) is 5.31. The number of rotatable bonds is 8. The third-order valence-corrected chi connectivity index (χ3v) is 4.43. The van der Waals surface area contributed by atoms with Crippen LogP contribution in [0.1, 0.15) is 56.8 Å². The van der Waals surface area contributed by atoms with Crippen molar-refractivity contribution in [1.29, 1.82) is 0 Å². The largest absolute Gasteiger partial charge is 0.316 e. The van der Waals surface area contributed by atoms with Gasteiger partial charge < -0.3 is 9.88 Å². The molecule has 2 saturated carbocycles. The van der Waals surface area contributed by atoms with Gasteiger partial charge in [0, 0.05) is 24.3 Å². The van der Waals surface area contributed by atoms with Gasteiger partial charge >= 0.3 is 0 Å². The van der Waals surface area contributed by atoms with Gasteiger partial charge in [0.25, 0.3) is 0 Å². The van der Waals surface area contributed by atoms with Crippen molar-refractivity contribution in [2.45, 2.75) is 56.1 Å². The number of hydrogen-bond acceptors (Lipinski definition) is 4. The molecule has 0 amide bonds. The van der Waals surface area contributed by atoms with Crippen LogP contribution in [0.15, 0.2) is 5.16 Å². The molecule has 1 N–H and O–H groups in total. The lowest BCUT2D eigenvalue weighted by Crippen LogP contribution is -2.17. The fourth-order valence-electron chi connectivity index (χ4n) is 2.20. The molecule has 1 aromatic rings. The molecule has 1 aromatic heterocycles. The van der Waals surface area contributed by atoms with Crippen molar-refractivity contribution in [1.82, 2.24) is 20.1 Å². The second-order valence-corrected chi connectivity index (χ2v) is 6.38. The molecule has 0 spiro atoms. The third kappa shape index (κ3) is 2.88. The molecule has 4 nitrogen and oxygen atoms in total. The summed E-state index contributed by atoms with van der Waals surface area (Å²) in [7, 11) is 0. The third-order valence-electron chi connectivity index (χ3n) is 3.48. The van der Waals surface area contributed by atoms with Crippen LogP contribution in [0.25, 0.3) is 0 Å². The summed E-state index contributed by atoms with van der Waals surface area (Å²) in [5, 5.41) is 13.4. The lowest BCUT2D eigenvalue weighted by Gasteiger charge is -2.08. The minimum atomic E-state index is 0.710. The van der Waals surface area contributed by atoms with Crippen LogP contribution in [0, 0.1) is 0 Å². The van der Waals surface area contributed by atoms with Gasteiger partial charge in [0.15, 0.2) is 5.16 Å². The molecule has 100 valence electrons. The first-order valence-electron chi connectivity index (χ1n) is 7.18. The Kier molecular flexibility index (Phi) is 3.89. The van der Waals surface area contributed by atoms with Crippen molar-refractivity contribution in [3.05, 3.63) is 5.82 Å². The highest BCUT2D eigenvalue weighted by Gasteiger charge is 2.36. The number of nitrogens with one attached hydrogen (secondary N) is 1. The van der Waals surface area contributed by atoms with E-state index in [1.54, 1.807) is 0 Å². The van der Waals surface area contributed by atoms with Crippen molar-refractivity contribution in [2.75, 3.05) is 18.8 Å². The quantitative estimate of drug-likeness (QED) is 0.580. The van der Waals surface area contributed by atoms with E-state index in [1.165, 1.54) is 37.9 Å². The van der Waals surface area contributed by atoms with Crippen molar-refractivity contribution in [2.24, 2.45) is 0 Å². The molecule has 1 heterocycles. The summed E-state index contributed by atoms with van der Waals surface area (Å²) >= 11 is 1.86. The van der Waals surface area contributed by atoms with E-state index in [0.29, 0.717) is 12.0 Å². The first-order valence-corrected chi connectivity index (χ1v) is 8.17. The monoisotopic (exact) mass is 266 g/mol. The van der Waals surface area contributed by atoms with Crippen molar-refractivity contribution in [3.63, 3.8) is 0 Å². The summed E-state index contributed by atoms with van der Waals surface area (Å²) in [6, 6.07) is 0.710. The molecule has 2 aliphatic carbocycles. The smallest absolute Gasteiger partial charge is 0.191 e. The predicted molar refractivity (Wildman–Crippen MR) is 74.2 cm³/mol. The summed E-state index contributed by atoms with van der Waals surface area (Å²) in [4.78, 5) is 0. The van der Waals surface area contributed by atoms with Crippen molar-refractivity contribution >= 4 is 11.8 Å². The molecule has 2 aliphatic rings. The molecular weight excluding hydrogens is 244 g/mol. The van der Waals surface area contributed by atoms with Crippen molar-refractivity contribution in [3.8, 4) is 0 Å². The molecular formula is C13H22N4S. The molecule has 3 rings (SSSR count). The zero-order chi connectivity index (χ0) is 12.4. The normalized spacial score (nSPS) is 19.4. The molecule has 0 radical (unpaired) electrons. The van der Waals surface area contributed by atoms with Gasteiger partial charge in [0.05, 0.1) is 0 Å². The van der Waals surface area contributed by atoms with Crippen LogP contribution in [0.2, 0.25) is 0 Å². The molecule has 0 bridgehead atoms. The molecule has 0 atom stereocenters. The van der Waals surface area contributed by atoms with E-state index in [2.05, 4.69) is 27.0 Å². The van der Waals surface area contributed by atoms with E-state index in [-0.39, 0.29) is 0 Å². The minimum absolute atomic E-state index is 0.710. The highest BCUT2D eigenvalue weighted by molar-refractivity contribution is 7.99. The molecule has 0 unspecified atom stereocenters. The Balaban J connectivity index is 1.57. The van der Waals surface area contributed by atoms with Crippen LogP contribution < -0.4 is 5.32 Å². The average molecular weight is 266 g/mol. The number of nitrogens with zero attached hydrogens (tertiary/aromatic N) is 3. The lowest BCUT2D eigenvalue weighted by molar-refractivity contribution is 0.626. The predicted octanol–water partition coefficient (Wildman–Crippen LogP) is 2.58. The van der Waals surface area contributed by atoms with Crippen LogP contribution in [0.5, 0.6) is 0 Å². The molecule has 0 aliphatic heterocycles. The van der Waals surface area contributed by atoms with Gasteiger partial charge in [-0.15, -0.1) is 10.2 Å². The first-order chi connectivity index (χ1) is 8.90. The summed E-state index contributed by atoms with van der Waals surface area (Å²) in [6.45, 7) is 4.38. The maximum absolute atomic E-state index is 4.43. The van der Waals surface area contributed by atoms with Gasteiger partial charge in [-0.05, 0) is 38.6 Å². The molecule has 0 aromatic carbocycles. The second kappa shape index (κ2) is 5.61. The van der Waals surface area contributed by atoms with Gasteiger partial charge in [0.1, 0.15) is 5.82 Å². The Bertz CT molecular complexity index is 396. The number of aromatic nitrogens is 3. The molecule has 5 heteroatoms. The number of hydrogen-bond donors (Lipinski definition) is 1. The Morgan fingerprint density at radius 3 is 2.72 bits per heavy atom. The minimum Gasteiger partial charge on any atom is -0.316 e. The fraction of sp³-hybridized carbons (Fsp3) is 0.846. The Hall–Kier alpha value is -0.550. The topological polar surface area (TPSA) is 42.7 Å². The van der Waals surface area contributed by atoms with Crippen LogP contribution in [0.4, 0.5) is 0 Å². The van der Waals surface area contributed by atoms with E-state index < -0.39 is 0 Å². The van der Waals surface area contributed by atoms with Gasteiger partial charge in [-0.25, -0.2) is 0 Å². The van der Waals surface area contributed by atoms with E-state index >= 15 is 0 Å². The first kappa shape index (κ1) is 12.5. The van der Waals surface area contributed by atoms with E-state index in [9.17, 15) is 0 Å². The van der Waals surface area contributed by atoms with Crippen LogP contribution in [0.3, 0.4) is 0 Å². The van der Waals surface area contributed by atoms with E-state index in [0.717, 1.165) is 24.0 Å². The lowest BCUT2D eigenvalue weighted by atomic mass is 10.4. The van der Waals surface area contributed by atoms with Gasteiger partial charge in [0.2, 0.25) is 0 Å². The van der Waals surface area contributed by atoms with E-state index in [1.807, 2.05) is 11.8 Å². The zero-order valence-electron chi connectivity index (χ0n) is 11.1. The highest BCUT2D eigenvalue weighted by Crippen LogP contribution is 2.45. The summed E-state index contributed by atoms with van der Waals surface area (Å²) in [5.41, 5.74) is 0. The maximum Gasteiger partial charge on any atom is 0.191 e. The molecule has 2 fully saturated rings. The van der Waals surface area contributed by atoms with Gasteiger partial charge in [-0.1, -0.05) is 18.7 Å². The average Bonchev–Trinajstić information content (AvgIpc) is 3.28. The van der Waals surface area contributed by atoms with Crippen LogP contribution in [-0.4, -0.2) is 33.6 Å². The summed E-state index contributed by atoms with van der Waals surface area (Å²) in [5.74, 6) is 3.07. The fourth-order valence-corrected chi connectivity index (χ4v) is 3.11. The van der Waals surface area contributed by atoms with Gasteiger partial charge in [-0.2, -0.15) is 0 Å². The summed E-state index contributed by atoms with van der Waals surface area (Å²) < 4.78 is 2.43. The standard InChI is InChI=1S/C13H22N4S/c1-2-7-14-8-9-18-13-16-15-12(10-3-4-10)17(13)11-5-6-11/h10-11,14H,2-9H2,1H3. The maximum atomic E-state index is 4.43. The van der Waals surface area contributed by atoms with Crippen LogP contribution >= 0.6 is 11.8 Å². The van der Waals surface area contributed by atoms with Crippen LogP contribution in [-0.2, 0) is 0 Å².